The predicted molar refractivity (Wildman–Crippen MR) is 77.2 cm³/mol. The summed E-state index contributed by atoms with van der Waals surface area (Å²) in [4.78, 5) is 0. The smallest absolute Gasteiger partial charge is 0.115 e. The highest BCUT2D eigenvalue weighted by Gasteiger charge is 2.20. The molecule has 112 valence electrons. The summed E-state index contributed by atoms with van der Waals surface area (Å²) < 4.78 is 24.9. The molecule has 0 saturated heterocycles. The van der Waals surface area contributed by atoms with E-state index in [9.17, 15) is 8.78 Å². The fraction of sp³-hybridized carbons (Fsp3) is 1.00. The molecule has 0 amide bonds. The first-order chi connectivity index (χ1) is 7.61. The van der Waals surface area contributed by atoms with Crippen LogP contribution in [0.4, 0.5) is 8.78 Å². The maximum Gasteiger partial charge on any atom is 0.115 e. The molecule has 0 heterocycles. The van der Waals surface area contributed by atoms with Gasteiger partial charge < -0.3 is 11.5 Å². The number of hydrogen-bond acceptors (Lipinski definition) is 2. The van der Waals surface area contributed by atoms with Crippen molar-refractivity contribution in [2.75, 3.05) is 0 Å². The Morgan fingerprint density at radius 1 is 0.611 bits per heavy atom. The lowest BCUT2D eigenvalue weighted by Crippen LogP contribution is -2.34. The second kappa shape index (κ2) is 11.2. The molecule has 2 fully saturated rings. The minimum atomic E-state index is -0.719. The van der Waals surface area contributed by atoms with Crippen LogP contribution in [-0.4, -0.2) is 24.4 Å². The lowest BCUT2D eigenvalue weighted by atomic mass is 9.95. The van der Waals surface area contributed by atoms with Crippen LogP contribution in [0.5, 0.6) is 0 Å². The van der Waals surface area contributed by atoms with E-state index in [1.807, 2.05) is 0 Å². The van der Waals surface area contributed by atoms with Gasteiger partial charge in [-0.05, 0) is 25.7 Å². The van der Waals surface area contributed by atoms with Crippen LogP contribution >= 0.6 is 24.8 Å². The molecule has 2 aliphatic rings. The van der Waals surface area contributed by atoms with Crippen molar-refractivity contribution in [1.29, 1.82) is 0 Å². The van der Waals surface area contributed by atoms with Gasteiger partial charge in [0.25, 0.3) is 0 Å². The number of halogens is 4. The van der Waals surface area contributed by atoms with E-state index in [0.717, 1.165) is 38.5 Å². The minimum absolute atomic E-state index is 0. The molecule has 0 radical (unpaired) electrons. The van der Waals surface area contributed by atoms with Crippen molar-refractivity contribution in [3.8, 4) is 0 Å². The summed E-state index contributed by atoms with van der Waals surface area (Å²) in [5.74, 6) is 0. The van der Waals surface area contributed by atoms with Gasteiger partial charge in [0.05, 0.1) is 0 Å². The van der Waals surface area contributed by atoms with Crippen molar-refractivity contribution in [2.45, 2.75) is 75.8 Å². The minimum Gasteiger partial charge on any atom is -0.325 e. The Bertz CT molecular complexity index is 159. The Labute approximate surface area is 121 Å². The maximum absolute atomic E-state index is 12.5. The lowest BCUT2D eigenvalue weighted by Gasteiger charge is -2.21. The Kier molecular flexibility index (Phi) is 12.9. The topological polar surface area (TPSA) is 52.0 Å². The number of rotatable bonds is 0. The van der Waals surface area contributed by atoms with E-state index in [1.54, 1.807) is 0 Å². The zero-order valence-corrected chi connectivity index (χ0v) is 12.3. The average Bonchev–Trinajstić information content (AvgIpc) is 2.28. The maximum atomic E-state index is 12.5. The second-order valence-corrected chi connectivity index (χ2v) is 4.93. The number of nitrogens with two attached hydrogens (primary N) is 2. The van der Waals surface area contributed by atoms with Gasteiger partial charge in [-0.2, -0.15) is 0 Å². The molecule has 2 nitrogen and oxygen atoms in total. The molecule has 0 aromatic heterocycles. The van der Waals surface area contributed by atoms with Crippen molar-refractivity contribution >= 4 is 24.8 Å². The van der Waals surface area contributed by atoms with E-state index in [-0.39, 0.29) is 36.9 Å². The molecule has 0 unspecified atom stereocenters. The first kappa shape index (κ1) is 20.7. The Hall–Kier alpha value is 0.360. The first-order valence-electron chi connectivity index (χ1n) is 6.40. The second-order valence-electron chi connectivity index (χ2n) is 4.93. The molecular formula is C12H26Cl2F2N2. The highest BCUT2D eigenvalue weighted by molar-refractivity contribution is 5.85. The number of alkyl halides is 2. The molecule has 4 atom stereocenters. The Morgan fingerprint density at radius 3 is 1.06 bits per heavy atom. The standard InChI is InChI=1S/2C6H12FN.2ClH/c2*7-5-3-1-2-4-6(5)8;;/h2*5-6H,1-4,8H2;2*1H/t2*5-,6-;;/m10../s1. The van der Waals surface area contributed by atoms with Gasteiger partial charge >= 0.3 is 0 Å². The molecule has 0 spiro atoms. The summed E-state index contributed by atoms with van der Waals surface area (Å²) in [5.41, 5.74) is 10.8. The molecule has 6 heteroatoms. The summed E-state index contributed by atoms with van der Waals surface area (Å²) in [6.07, 6.45) is 5.95. The van der Waals surface area contributed by atoms with Gasteiger partial charge in [0, 0.05) is 12.1 Å². The molecule has 2 rings (SSSR count). The average molecular weight is 307 g/mol. The third kappa shape index (κ3) is 7.72. The highest BCUT2D eigenvalue weighted by Crippen LogP contribution is 2.19. The molecular weight excluding hydrogens is 281 g/mol. The van der Waals surface area contributed by atoms with Crippen molar-refractivity contribution in [3.63, 3.8) is 0 Å². The van der Waals surface area contributed by atoms with Crippen LogP contribution in [0.3, 0.4) is 0 Å². The van der Waals surface area contributed by atoms with Gasteiger partial charge in [0.2, 0.25) is 0 Å². The molecule has 18 heavy (non-hydrogen) atoms. The monoisotopic (exact) mass is 306 g/mol. The van der Waals surface area contributed by atoms with E-state index in [4.69, 9.17) is 11.5 Å². The van der Waals surface area contributed by atoms with Crippen LogP contribution in [0.1, 0.15) is 51.4 Å². The van der Waals surface area contributed by atoms with E-state index < -0.39 is 12.3 Å². The van der Waals surface area contributed by atoms with E-state index in [1.165, 1.54) is 0 Å². The molecule has 4 N–H and O–H groups in total. The van der Waals surface area contributed by atoms with Crippen molar-refractivity contribution in [1.82, 2.24) is 0 Å². The van der Waals surface area contributed by atoms with Crippen LogP contribution in [0, 0.1) is 0 Å². The first-order valence-corrected chi connectivity index (χ1v) is 6.40. The molecule has 0 aliphatic heterocycles. The van der Waals surface area contributed by atoms with Gasteiger partial charge in [-0.3, -0.25) is 0 Å². The van der Waals surface area contributed by atoms with E-state index >= 15 is 0 Å². The fourth-order valence-electron chi connectivity index (χ4n) is 2.23. The molecule has 0 bridgehead atoms. The normalized spacial score (nSPS) is 35.3. The van der Waals surface area contributed by atoms with Gasteiger partial charge in [-0.15, -0.1) is 24.8 Å². The van der Waals surface area contributed by atoms with Gasteiger partial charge in [-0.1, -0.05) is 25.7 Å². The van der Waals surface area contributed by atoms with Crippen molar-refractivity contribution in [3.05, 3.63) is 0 Å². The molecule has 0 aromatic carbocycles. The van der Waals surface area contributed by atoms with Crippen molar-refractivity contribution < 1.29 is 8.78 Å². The summed E-state index contributed by atoms with van der Waals surface area (Å²) in [5, 5.41) is 0. The Balaban J connectivity index is 0. The van der Waals surface area contributed by atoms with Crippen LogP contribution in [0.2, 0.25) is 0 Å². The largest absolute Gasteiger partial charge is 0.325 e. The Morgan fingerprint density at radius 2 is 0.889 bits per heavy atom. The zero-order chi connectivity index (χ0) is 12.0. The zero-order valence-electron chi connectivity index (χ0n) is 10.7. The summed E-state index contributed by atoms with van der Waals surface area (Å²) in [6, 6.07) is -0.326. The molecule has 2 aliphatic carbocycles. The van der Waals surface area contributed by atoms with Crippen LogP contribution in [0.15, 0.2) is 0 Å². The third-order valence-corrected chi connectivity index (χ3v) is 3.46. The summed E-state index contributed by atoms with van der Waals surface area (Å²) in [7, 11) is 0. The van der Waals surface area contributed by atoms with E-state index in [0.29, 0.717) is 12.8 Å². The molecule has 0 aromatic rings. The van der Waals surface area contributed by atoms with Gasteiger partial charge in [-0.25, -0.2) is 8.78 Å². The van der Waals surface area contributed by atoms with Crippen molar-refractivity contribution in [2.24, 2.45) is 11.5 Å². The predicted octanol–water partition coefficient (Wildman–Crippen LogP) is 3.30. The SMILES string of the molecule is Cl.Cl.N[C@@H]1CCCC[C@H]1F.N[C@H]1CCCC[C@@H]1F. The van der Waals surface area contributed by atoms with Crippen LogP contribution < -0.4 is 11.5 Å². The molecule has 2 saturated carbocycles. The third-order valence-electron chi connectivity index (χ3n) is 3.46. The fourth-order valence-corrected chi connectivity index (χ4v) is 2.23. The summed E-state index contributed by atoms with van der Waals surface area (Å²) in [6.45, 7) is 0. The van der Waals surface area contributed by atoms with Gasteiger partial charge in [0.1, 0.15) is 12.3 Å². The quantitative estimate of drug-likeness (QED) is 0.721. The lowest BCUT2D eigenvalue weighted by molar-refractivity contribution is 0.218. The van der Waals surface area contributed by atoms with Crippen LogP contribution in [-0.2, 0) is 0 Å². The van der Waals surface area contributed by atoms with Crippen LogP contribution in [0.25, 0.3) is 0 Å². The van der Waals surface area contributed by atoms with E-state index in [2.05, 4.69) is 0 Å². The van der Waals surface area contributed by atoms with Gasteiger partial charge in [0.15, 0.2) is 0 Å². The number of hydrogen-bond donors (Lipinski definition) is 2. The summed E-state index contributed by atoms with van der Waals surface area (Å²) >= 11 is 0. The highest BCUT2D eigenvalue weighted by atomic mass is 35.5.